The van der Waals surface area contributed by atoms with Crippen LogP contribution in [0.25, 0.3) is 0 Å². The molecule has 3 N–H and O–H groups in total. The summed E-state index contributed by atoms with van der Waals surface area (Å²) in [6, 6.07) is 13.9. The van der Waals surface area contributed by atoms with Crippen molar-refractivity contribution in [3.05, 3.63) is 58.0 Å². The van der Waals surface area contributed by atoms with Gasteiger partial charge in [0.1, 0.15) is 11.5 Å². The largest absolute Gasteiger partial charge is 0.484 e. The summed E-state index contributed by atoms with van der Waals surface area (Å²) < 4.78 is 11.4. The summed E-state index contributed by atoms with van der Waals surface area (Å²) in [6.07, 6.45) is 0. The quantitative estimate of drug-likeness (QED) is 0.442. The van der Waals surface area contributed by atoms with E-state index in [-0.39, 0.29) is 18.3 Å². The van der Waals surface area contributed by atoms with E-state index < -0.39 is 11.8 Å². The molecular weight excluding hydrogens is 458 g/mol. The van der Waals surface area contributed by atoms with E-state index in [1.165, 1.54) is 0 Å². The number of nitrogens with one attached hydrogen (secondary N) is 3. The predicted molar refractivity (Wildman–Crippen MR) is 109 cm³/mol. The van der Waals surface area contributed by atoms with E-state index in [2.05, 4.69) is 32.1 Å². The fraction of sp³-hybridized carbons (Fsp3) is 0.118. The van der Waals surface area contributed by atoms with Gasteiger partial charge in [0, 0.05) is 4.47 Å². The van der Waals surface area contributed by atoms with Crippen LogP contribution < -0.4 is 25.6 Å². The number of para-hydroxylation sites is 1. The topological polar surface area (TPSA) is 88.7 Å². The minimum Gasteiger partial charge on any atom is -0.484 e. The Balaban J connectivity index is 1.65. The van der Waals surface area contributed by atoms with Crippen molar-refractivity contribution in [2.75, 3.05) is 13.2 Å². The number of hydrogen-bond donors (Lipinski definition) is 3. The van der Waals surface area contributed by atoms with Gasteiger partial charge in [0.15, 0.2) is 18.3 Å². The highest BCUT2D eigenvalue weighted by Gasteiger charge is 2.09. The van der Waals surface area contributed by atoms with Gasteiger partial charge in [-0.25, -0.2) is 0 Å². The van der Waals surface area contributed by atoms with Crippen molar-refractivity contribution >= 4 is 56.7 Å². The first kappa shape index (κ1) is 20.9. The average Bonchev–Trinajstić information content (AvgIpc) is 2.65. The Labute approximate surface area is 174 Å². The van der Waals surface area contributed by atoms with E-state index >= 15 is 0 Å². The molecule has 2 aromatic carbocycles. The molecule has 0 fully saturated rings. The molecule has 0 aliphatic carbocycles. The van der Waals surface area contributed by atoms with Gasteiger partial charge in [-0.05, 0) is 42.5 Å². The van der Waals surface area contributed by atoms with Crippen molar-refractivity contribution < 1.29 is 19.1 Å². The van der Waals surface area contributed by atoms with Crippen molar-refractivity contribution in [3.63, 3.8) is 0 Å². The second kappa shape index (κ2) is 10.7. The van der Waals surface area contributed by atoms with Gasteiger partial charge in [-0.2, -0.15) is 0 Å². The van der Waals surface area contributed by atoms with Gasteiger partial charge in [0.05, 0.1) is 5.02 Å². The third kappa shape index (κ3) is 7.81. The molecule has 0 spiro atoms. The Hall–Kier alpha value is -2.36. The van der Waals surface area contributed by atoms with Gasteiger partial charge in [0.2, 0.25) is 0 Å². The fourth-order valence-corrected chi connectivity index (χ4v) is 2.65. The van der Waals surface area contributed by atoms with Crippen molar-refractivity contribution in [2.24, 2.45) is 0 Å². The van der Waals surface area contributed by atoms with Crippen LogP contribution in [0, 0.1) is 0 Å². The first-order chi connectivity index (χ1) is 12.9. The smallest absolute Gasteiger partial charge is 0.276 e. The summed E-state index contributed by atoms with van der Waals surface area (Å²) in [7, 11) is 0. The predicted octanol–water partition coefficient (Wildman–Crippen LogP) is 2.58. The van der Waals surface area contributed by atoms with Gasteiger partial charge in [-0.1, -0.05) is 45.7 Å². The summed E-state index contributed by atoms with van der Waals surface area (Å²) >= 11 is 14.2. The highest BCUT2D eigenvalue weighted by Crippen LogP contribution is 2.27. The molecule has 0 aliphatic heterocycles. The van der Waals surface area contributed by atoms with Gasteiger partial charge in [-0.15, -0.1) is 0 Å². The molecule has 27 heavy (non-hydrogen) atoms. The number of thiocarbonyl (C=S) groups is 1. The number of halogens is 2. The Bertz CT molecular complexity index is 823. The summed E-state index contributed by atoms with van der Waals surface area (Å²) in [6.45, 7) is -0.507. The molecular formula is C17H15BrClN3O4S. The molecule has 0 radical (unpaired) electrons. The van der Waals surface area contributed by atoms with Crippen molar-refractivity contribution in [2.45, 2.75) is 0 Å². The lowest BCUT2D eigenvalue weighted by molar-refractivity contribution is -0.124. The number of hydrogen-bond acceptors (Lipinski definition) is 5. The first-order valence-corrected chi connectivity index (χ1v) is 9.16. The van der Waals surface area contributed by atoms with Crippen molar-refractivity contribution in [1.82, 2.24) is 16.2 Å². The molecule has 0 aromatic heterocycles. The van der Waals surface area contributed by atoms with E-state index in [0.717, 1.165) is 4.47 Å². The van der Waals surface area contributed by atoms with Gasteiger partial charge in [0.25, 0.3) is 11.8 Å². The molecule has 2 rings (SSSR count). The molecule has 0 aliphatic rings. The number of carbonyl (C=O) groups excluding carboxylic acids is 2. The zero-order chi connectivity index (χ0) is 19.6. The third-order valence-electron chi connectivity index (χ3n) is 2.93. The lowest BCUT2D eigenvalue weighted by Gasteiger charge is -2.12. The Morgan fingerprint density at radius 1 is 1.00 bits per heavy atom. The van der Waals surface area contributed by atoms with E-state index in [4.69, 9.17) is 33.3 Å². The molecule has 0 unspecified atom stereocenters. The zero-order valence-corrected chi connectivity index (χ0v) is 17.0. The highest BCUT2D eigenvalue weighted by atomic mass is 79.9. The molecule has 0 atom stereocenters. The molecule has 0 saturated heterocycles. The van der Waals surface area contributed by atoms with Crippen LogP contribution in [0.5, 0.6) is 11.5 Å². The lowest BCUT2D eigenvalue weighted by Crippen LogP contribution is -2.50. The SMILES string of the molecule is O=C(COc1ccccc1)NNC(=S)NC(=O)COc1ccc(Br)cc1Cl. The average molecular weight is 473 g/mol. The van der Waals surface area contributed by atoms with Crippen LogP contribution in [0.3, 0.4) is 0 Å². The minimum atomic E-state index is -0.513. The first-order valence-electron chi connectivity index (χ1n) is 7.58. The molecule has 0 saturated carbocycles. The fourth-order valence-electron chi connectivity index (χ4n) is 1.76. The van der Waals surface area contributed by atoms with E-state index in [9.17, 15) is 9.59 Å². The summed E-state index contributed by atoms with van der Waals surface area (Å²) in [5.74, 6) is -0.0536. The Kier molecular flexibility index (Phi) is 8.31. The van der Waals surface area contributed by atoms with Crippen LogP contribution in [-0.4, -0.2) is 30.1 Å². The maximum atomic E-state index is 11.8. The normalized spacial score (nSPS) is 9.85. The summed E-state index contributed by atoms with van der Waals surface area (Å²) in [5.41, 5.74) is 4.71. The Morgan fingerprint density at radius 3 is 2.41 bits per heavy atom. The summed E-state index contributed by atoms with van der Waals surface area (Å²) in [4.78, 5) is 23.5. The minimum absolute atomic E-state index is 0.0847. The molecule has 2 aromatic rings. The van der Waals surface area contributed by atoms with Gasteiger partial charge < -0.3 is 9.47 Å². The maximum Gasteiger partial charge on any atom is 0.276 e. The van der Waals surface area contributed by atoms with Crippen LogP contribution in [0.1, 0.15) is 0 Å². The standard InChI is InChI=1S/C17H15BrClN3O4S/c18-11-6-7-14(13(19)8-11)26-9-15(23)20-17(27)22-21-16(24)10-25-12-4-2-1-3-5-12/h1-8H,9-10H2,(H,21,24)(H2,20,22,23,27). The molecule has 2 amide bonds. The molecule has 142 valence electrons. The maximum absolute atomic E-state index is 11.8. The number of carbonyl (C=O) groups is 2. The summed E-state index contributed by atoms with van der Waals surface area (Å²) in [5, 5.41) is 2.64. The number of hydrazine groups is 1. The van der Waals surface area contributed by atoms with E-state index in [0.29, 0.717) is 16.5 Å². The molecule has 0 bridgehead atoms. The third-order valence-corrected chi connectivity index (χ3v) is 3.93. The van der Waals surface area contributed by atoms with Crippen LogP contribution in [0.2, 0.25) is 5.02 Å². The number of benzene rings is 2. The second-order valence-corrected chi connectivity index (χ2v) is 6.75. The van der Waals surface area contributed by atoms with Crippen molar-refractivity contribution in [1.29, 1.82) is 0 Å². The van der Waals surface area contributed by atoms with Gasteiger partial charge in [-0.3, -0.25) is 25.8 Å². The number of ether oxygens (including phenoxy) is 2. The molecule has 0 heterocycles. The van der Waals surface area contributed by atoms with Gasteiger partial charge >= 0.3 is 0 Å². The van der Waals surface area contributed by atoms with Crippen LogP contribution in [-0.2, 0) is 9.59 Å². The van der Waals surface area contributed by atoms with Crippen LogP contribution in [0.4, 0.5) is 0 Å². The molecule has 10 heteroatoms. The van der Waals surface area contributed by atoms with Crippen LogP contribution in [0.15, 0.2) is 53.0 Å². The lowest BCUT2D eigenvalue weighted by atomic mass is 10.3. The zero-order valence-electron chi connectivity index (χ0n) is 13.8. The monoisotopic (exact) mass is 471 g/mol. The van der Waals surface area contributed by atoms with Crippen LogP contribution >= 0.6 is 39.7 Å². The van der Waals surface area contributed by atoms with E-state index in [1.54, 1.807) is 42.5 Å². The number of rotatable bonds is 6. The second-order valence-electron chi connectivity index (χ2n) is 5.02. The van der Waals surface area contributed by atoms with E-state index in [1.807, 2.05) is 6.07 Å². The van der Waals surface area contributed by atoms with Crippen molar-refractivity contribution in [3.8, 4) is 11.5 Å². The number of amides is 2. The Morgan fingerprint density at radius 2 is 1.70 bits per heavy atom. The highest BCUT2D eigenvalue weighted by molar-refractivity contribution is 9.10. The molecule has 7 nitrogen and oxygen atoms in total.